The van der Waals surface area contributed by atoms with Gasteiger partial charge in [0.25, 0.3) is 0 Å². The standard InChI is InChI=1S/C13H21N3O/c1-10-8-16(9-11(2)17-10)13(7-14)12-3-5-15-6-4-12/h3-6,10-11,13H,7-9,14H2,1-2H3. The van der Waals surface area contributed by atoms with E-state index < -0.39 is 0 Å². The van der Waals surface area contributed by atoms with Crippen molar-refractivity contribution in [2.24, 2.45) is 5.73 Å². The van der Waals surface area contributed by atoms with Gasteiger partial charge in [0, 0.05) is 38.1 Å². The molecule has 0 spiro atoms. The van der Waals surface area contributed by atoms with E-state index in [0.29, 0.717) is 6.54 Å². The lowest BCUT2D eigenvalue weighted by atomic mass is 10.0. The highest BCUT2D eigenvalue weighted by Crippen LogP contribution is 2.23. The molecule has 0 aromatic carbocycles. The molecule has 1 aromatic heterocycles. The van der Waals surface area contributed by atoms with Crippen LogP contribution in [0.25, 0.3) is 0 Å². The molecule has 0 amide bonds. The van der Waals surface area contributed by atoms with E-state index in [4.69, 9.17) is 10.5 Å². The van der Waals surface area contributed by atoms with Gasteiger partial charge in [-0.05, 0) is 31.5 Å². The fourth-order valence-corrected chi connectivity index (χ4v) is 2.55. The van der Waals surface area contributed by atoms with E-state index in [1.165, 1.54) is 5.56 Å². The Kier molecular flexibility index (Phi) is 4.10. The van der Waals surface area contributed by atoms with E-state index in [9.17, 15) is 0 Å². The molecule has 0 aliphatic carbocycles. The van der Waals surface area contributed by atoms with Crippen LogP contribution in [0.3, 0.4) is 0 Å². The fourth-order valence-electron chi connectivity index (χ4n) is 2.55. The van der Waals surface area contributed by atoms with Crippen molar-refractivity contribution >= 4 is 0 Å². The molecule has 3 atom stereocenters. The largest absolute Gasteiger partial charge is 0.373 e. The first-order valence-corrected chi connectivity index (χ1v) is 6.20. The molecule has 2 heterocycles. The van der Waals surface area contributed by atoms with Crippen LogP contribution in [0.4, 0.5) is 0 Å². The summed E-state index contributed by atoms with van der Waals surface area (Å²) < 4.78 is 5.75. The van der Waals surface area contributed by atoms with Gasteiger partial charge >= 0.3 is 0 Å². The maximum atomic E-state index is 5.92. The Morgan fingerprint density at radius 2 is 1.94 bits per heavy atom. The summed E-state index contributed by atoms with van der Waals surface area (Å²) >= 11 is 0. The van der Waals surface area contributed by atoms with E-state index in [0.717, 1.165) is 13.1 Å². The maximum Gasteiger partial charge on any atom is 0.0678 e. The summed E-state index contributed by atoms with van der Waals surface area (Å²) in [6, 6.07) is 4.36. The van der Waals surface area contributed by atoms with Gasteiger partial charge < -0.3 is 10.5 Å². The van der Waals surface area contributed by atoms with Crippen LogP contribution in [-0.2, 0) is 4.74 Å². The van der Waals surface area contributed by atoms with E-state index >= 15 is 0 Å². The Hall–Kier alpha value is -0.970. The quantitative estimate of drug-likeness (QED) is 0.855. The minimum Gasteiger partial charge on any atom is -0.373 e. The predicted molar refractivity (Wildman–Crippen MR) is 67.6 cm³/mol. The first-order valence-electron chi connectivity index (χ1n) is 6.20. The lowest BCUT2D eigenvalue weighted by Gasteiger charge is -2.40. The molecule has 0 bridgehead atoms. The van der Waals surface area contributed by atoms with Gasteiger partial charge in [0.1, 0.15) is 0 Å². The zero-order valence-electron chi connectivity index (χ0n) is 10.5. The molecular weight excluding hydrogens is 214 g/mol. The summed E-state index contributed by atoms with van der Waals surface area (Å²) in [5, 5.41) is 0. The van der Waals surface area contributed by atoms with Crippen LogP contribution >= 0.6 is 0 Å². The van der Waals surface area contributed by atoms with Crippen molar-refractivity contribution in [3.63, 3.8) is 0 Å². The molecule has 1 aliphatic rings. The average molecular weight is 235 g/mol. The van der Waals surface area contributed by atoms with E-state index in [-0.39, 0.29) is 18.2 Å². The van der Waals surface area contributed by atoms with Gasteiger partial charge in [-0.1, -0.05) is 0 Å². The van der Waals surface area contributed by atoms with Gasteiger partial charge in [0.2, 0.25) is 0 Å². The topological polar surface area (TPSA) is 51.4 Å². The number of hydrogen-bond acceptors (Lipinski definition) is 4. The minimum absolute atomic E-state index is 0.270. The molecule has 1 saturated heterocycles. The van der Waals surface area contributed by atoms with Crippen LogP contribution in [0, 0.1) is 0 Å². The number of morpholine rings is 1. The maximum absolute atomic E-state index is 5.92. The second kappa shape index (κ2) is 5.58. The summed E-state index contributed by atoms with van der Waals surface area (Å²) in [5.41, 5.74) is 7.16. The smallest absolute Gasteiger partial charge is 0.0678 e. The third-order valence-corrected chi connectivity index (χ3v) is 3.20. The molecule has 1 aliphatic heterocycles. The minimum atomic E-state index is 0.270. The van der Waals surface area contributed by atoms with Crippen LogP contribution in [0.1, 0.15) is 25.5 Å². The van der Waals surface area contributed by atoms with Crippen molar-refractivity contribution in [1.29, 1.82) is 0 Å². The van der Waals surface area contributed by atoms with Crippen LogP contribution < -0.4 is 5.73 Å². The molecule has 1 fully saturated rings. The molecule has 94 valence electrons. The lowest BCUT2D eigenvalue weighted by Crippen LogP contribution is -2.48. The predicted octanol–water partition coefficient (Wildman–Crippen LogP) is 1.19. The number of pyridine rings is 1. The summed E-state index contributed by atoms with van der Waals surface area (Å²) in [7, 11) is 0. The number of nitrogens with zero attached hydrogens (tertiary/aromatic N) is 2. The second-order valence-electron chi connectivity index (χ2n) is 4.74. The molecule has 0 radical (unpaired) electrons. The number of rotatable bonds is 3. The molecule has 2 N–H and O–H groups in total. The first-order chi connectivity index (χ1) is 8.20. The van der Waals surface area contributed by atoms with Gasteiger partial charge in [-0.3, -0.25) is 9.88 Å². The summed E-state index contributed by atoms with van der Waals surface area (Å²) in [4.78, 5) is 6.46. The zero-order valence-corrected chi connectivity index (χ0v) is 10.5. The van der Waals surface area contributed by atoms with Gasteiger partial charge in [-0.2, -0.15) is 0 Å². The summed E-state index contributed by atoms with van der Waals surface area (Å²) in [6.45, 7) is 6.73. The monoisotopic (exact) mass is 235 g/mol. The molecule has 3 unspecified atom stereocenters. The van der Waals surface area contributed by atoms with Crippen LogP contribution in [0.5, 0.6) is 0 Å². The van der Waals surface area contributed by atoms with Crippen molar-refractivity contribution in [1.82, 2.24) is 9.88 Å². The number of aromatic nitrogens is 1. The Labute approximate surface area is 103 Å². The zero-order chi connectivity index (χ0) is 12.3. The van der Waals surface area contributed by atoms with Crippen LogP contribution in [-0.4, -0.2) is 41.7 Å². The molecular formula is C13H21N3O. The highest BCUT2D eigenvalue weighted by Gasteiger charge is 2.27. The second-order valence-corrected chi connectivity index (χ2v) is 4.74. The Bertz CT molecular complexity index is 334. The van der Waals surface area contributed by atoms with Crippen LogP contribution in [0.2, 0.25) is 0 Å². The van der Waals surface area contributed by atoms with Crippen molar-refractivity contribution in [2.45, 2.75) is 32.1 Å². The number of ether oxygens (including phenoxy) is 1. The first kappa shape index (κ1) is 12.5. The molecule has 17 heavy (non-hydrogen) atoms. The Morgan fingerprint density at radius 1 is 1.35 bits per heavy atom. The van der Waals surface area contributed by atoms with Gasteiger partial charge in [0.15, 0.2) is 0 Å². The normalized spacial score (nSPS) is 27.9. The van der Waals surface area contributed by atoms with Gasteiger partial charge in [-0.25, -0.2) is 0 Å². The Balaban J connectivity index is 2.13. The SMILES string of the molecule is CC1CN(C(CN)c2ccncc2)CC(C)O1. The molecule has 1 aromatic rings. The van der Waals surface area contributed by atoms with E-state index in [1.807, 2.05) is 24.5 Å². The molecule has 0 saturated carbocycles. The van der Waals surface area contributed by atoms with E-state index in [2.05, 4.69) is 23.7 Å². The highest BCUT2D eigenvalue weighted by molar-refractivity contribution is 5.16. The van der Waals surface area contributed by atoms with Crippen molar-refractivity contribution in [2.75, 3.05) is 19.6 Å². The third-order valence-electron chi connectivity index (χ3n) is 3.20. The van der Waals surface area contributed by atoms with Crippen molar-refractivity contribution < 1.29 is 4.74 Å². The summed E-state index contributed by atoms with van der Waals surface area (Å²) in [5.74, 6) is 0. The average Bonchev–Trinajstić information content (AvgIpc) is 2.30. The summed E-state index contributed by atoms with van der Waals surface area (Å²) in [6.07, 6.45) is 4.20. The third kappa shape index (κ3) is 3.03. The van der Waals surface area contributed by atoms with Gasteiger partial charge in [0.05, 0.1) is 12.2 Å². The fraction of sp³-hybridized carbons (Fsp3) is 0.615. The van der Waals surface area contributed by atoms with Crippen molar-refractivity contribution in [3.8, 4) is 0 Å². The van der Waals surface area contributed by atoms with Gasteiger partial charge in [-0.15, -0.1) is 0 Å². The number of hydrogen-bond donors (Lipinski definition) is 1. The lowest BCUT2D eigenvalue weighted by molar-refractivity contribution is -0.0799. The van der Waals surface area contributed by atoms with E-state index in [1.54, 1.807) is 0 Å². The molecule has 4 nitrogen and oxygen atoms in total. The number of nitrogens with two attached hydrogens (primary N) is 1. The van der Waals surface area contributed by atoms with Crippen LogP contribution in [0.15, 0.2) is 24.5 Å². The highest BCUT2D eigenvalue weighted by atomic mass is 16.5. The molecule has 2 rings (SSSR count). The molecule has 4 heteroatoms. The van der Waals surface area contributed by atoms with Crippen molar-refractivity contribution in [3.05, 3.63) is 30.1 Å². The Morgan fingerprint density at radius 3 is 2.47 bits per heavy atom.